The van der Waals surface area contributed by atoms with Crippen molar-refractivity contribution in [3.63, 3.8) is 0 Å². The van der Waals surface area contributed by atoms with Crippen LogP contribution in [0.4, 0.5) is 13.2 Å². The van der Waals surface area contributed by atoms with Gasteiger partial charge in [-0.15, -0.1) is 0 Å². The summed E-state index contributed by atoms with van der Waals surface area (Å²) in [6.07, 6.45) is -4.27. The lowest BCUT2D eigenvalue weighted by molar-refractivity contribution is -0.0886. The predicted molar refractivity (Wildman–Crippen MR) is 63.3 cm³/mol. The number of ketones is 1. The van der Waals surface area contributed by atoms with E-state index in [1.807, 2.05) is 6.92 Å². The van der Waals surface area contributed by atoms with Gasteiger partial charge in [0, 0.05) is 19.4 Å². The average Bonchev–Trinajstić information content (AvgIpc) is 2.59. The van der Waals surface area contributed by atoms with Crippen LogP contribution in [0.3, 0.4) is 0 Å². The molecule has 0 aliphatic carbocycles. The fourth-order valence-electron chi connectivity index (χ4n) is 1.97. The number of nitrogens with zero attached hydrogens (tertiary/aromatic N) is 2. The molecule has 1 rings (SSSR count). The Balaban J connectivity index is 3.11. The van der Waals surface area contributed by atoms with Gasteiger partial charge in [0.25, 0.3) is 5.78 Å². The Bertz CT molecular complexity index is 466. The van der Waals surface area contributed by atoms with E-state index in [1.54, 1.807) is 7.11 Å². The highest BCUT2D eigenvalue weighted by Gasteiger charge is 2.42. The number of carbonyl (C=O) groups is 1. The molecule has 1 aromatic heterocycles. The molecule has 0 spiro atoms. The zero-order valence-corrected chi connectivity index (χ0v) is 11.3. The van der Waals surface area contributed by atoms with Crippen LogP contribution in [0.15, 0.2) is 0 Å². The summed E-state index contributed by atoms with van der Waals surface area (Å²) in [6, 6.07) is -0.131. The Morgan fingerprint density at radius 3 is 2.47 bits per heavy atom. The lowest BCUT2D eigenvalue weighted by atomic mass is 10.1. The Morgan fingerprint density at radius 2 is 2.00 bits per heavy atom. The average molecular weight is 278 g/mol. The molecular formula is C12H17F3N2O2. The number of methoxy groups -OCH3 is 1. The molecular weight excluding hydrogens is 261 g/mol. The van der Waals surface area contributed by atoms with Gasteiger partial charge in [0.2, 0.25) is 0 Å². The van der Waals surface area contributed by atoms with Crippen LogP contribution >= 0.6 is 0 Å². The van der Waals surface area contributed by atoms with E-state index >= 15 is 0 Å². The molecule has 0 fully saturated rings. The number of aryl methyl sites for hydroxylation is 1. The van der Waals surface area contributed by atoms with Crippen molar-refractivity contribution in [2.75, 3.05) is 13.7 Å². The van der Waals surface area contributed by atoms with Gasteiger partial charge in [0.15, 0.2) is 0 Å². The minimum Gasteiger partial charge on any atom is -0.385 e. The second-order valence-electron chi connectivity index (χ2n) is 4.45. The Morgan fingerprint density at radius 1 is 1.42 bits per heavy atom. The van der Waals surface area contributed by atoms with Crippen LogP contribution in [0.1, 0.15) is 41.1 Å². The molecule has 0 saturated carbocycles. The third kappa shape index (κ3) is 3.34. The number of rotatable bonds is 5. The summed E-state index contributed by atoms with van der Waals surface area (Å²) in [5.74, 6) is -1.84. The van der Waals surface area contributed by atoms with Crippen LogP contribution < -0.4 is 0 Å². The van der Waals surface area contributed by atoms with E-state index in [-0.39, 0.29) is 23.0 Å². The third-order valence-electron chi connectivity index (χ3n) is 2.97. The summed E-state index contributed by atoms with van der Waals surface area (Å²) >= 11 is 0. The molecule has 108 valence electrons. The van der Waals surface area contributed by atoms with Gasteiger partial charge in [0.1, 0.15) is 0 Å². The van der Waals surface area contributed by atoms with Crippen LogP contribution in [0.25, 0.3) is 0 Å². The van der Waals surface area contributed by atoms with E-state index in [9.17, 15) is 18.0 Å². The number of hydrogen-bond donors (Lipinski definition) is 0. The maximum absolute atomic E-state index is 12.5. The van der Waals surface area contributed by atoms with Crippen molar-refractivity contribution in [3.05, 3.63) is 17.0 Å². The normalized spacial score (nSPS) is 13.6. The van der Waals surface area contributed by atoms with E-state index in [1.165, 1.54) is 18.5 Å². The maximum Gasteiger partial charge on any atom is 0.455 e. The van der Waals surface area contributed by atoms with E-state index in [4.69, 9.17) is 4.74 Å². The molecule has 19 heavy (non-hydrogen) atoms. The first-order chi connectivity index (χ1) is 8.70. The zero-order chi connectivity index (χ0) is 14.8. The number of Topliss-reactive ketones (excluding diaryl/α,β-unsaturated/α-hetero) is 1. The monoisotopic (exact) mass is 278 g/mol. The largest absolute Gasteiger partial charge is 0.455 e. The first kappa shape index (κ1) is 15.7. The van der Waals surface area contributed by atoms with Gasteiger partial charge in [-0.2, -0.15) is 18.3 Å². The van der Waals surface area contributed by atoms with Crippen LogP contribution in [0.2, 0.25) is 0 Å². The zero-order valence-electron chi connectivity index (χ0n) is 11.3. The molecule has 0 aliphatic heterocycles. The van der Waals surface area contributed by atoms with Crippen molar-refractivity contribution in [1.82, 2.24) is 9.78 Å². The lowest BCUT2D eigenvalue weighted by Crippen LogP contribution is -2.24. The van der Waals surface area contributed by atoms with E-state index < -0.39 is 12.0 Å². The Hall–Kier alpha value is -1.37. The number of ether oxygens (including phenoxy) is 1. The molecule has 0 aromatic carbocycles. The second kappa shape index (κ2) is 5.73. The summed E-state index contributed by atoms with van der Waals surface area (Å²) in [7, 11) is 1.55. The molecule has 1 aromatic rings. The molecule has 1 heterocycles. The lowest BCUT2D eigenvalue weighted by Gasteiger charge is -2.14. The quantitative estimate of drug-likeness (QED) is 0.778. The highest BCUT2D eigenvalue weighted by molar-refractivity contribution is 6.02. The molecule has 0 amide bonds. The van der Waals surface area contributed by atoms with Gasteiger partial charge in [-0.1, -0.05) is 0 Å². The van der Waals surface area contributed by atoms with Gasteiger partial charge < -0.3 is 4.74 Å². The van der Waals surface area contributed by atoms with E-state index in [2.05, 4.69) is 5.10 Å². The molecule has 0 bridgehead atoms. The van der Waals surface area contributed by atoms with Gasteiger partial charge in [-0.3, -0.25) is 9.48 Å². The van der Waals surface area contributed by atoms with Crippen molar-refractivity contribution in [2.45, 2.75) is 39.4 Å². The smallest absolute Gasteiger partial charge is 0.385 e. The van der Waals surface area contributed by atoms with Gasteiger partial charge in [-0.05, 0) is 27.2 Å². The van der Waals surface area contributed by atoms with Gasteiger partial charge in [-0.25, -0.2) is 0 Å². The Kier molecular flexibility index (Phi) is 4.73. The molecule has 7 heteroatoms. The maximum atomic E-state index is 12.5. The van der Waals surface area contributed by atoms with Crippen LogP contribution in [-0.4, -0.2) is 35.5 Å². The van der Waals surface area contributed by atoms with Crippen molar-refractivity contribution >= 4 is 5.78 Å². The summed E-state index contributed by atoms with van der Waals surface area (Å²) in [5.41, 5.74) is -0.00992. The van der Waals surface area contributed by atoms with E-state index in [0.717, 1.165) is 0 Å². The fraction of sp³-hybridized carbons (Fsp3) is 0.667. The number of alkyl halides is 3. The van der Waals surface area contributed by atoms with Crippen molar-refractivity contribution in [2.24, 2.45) is 0 Å². The second-order valence-corrected chi connectivity index (χ2v) is 4.45. The summed E-state index contributed by atoms with van der Waals surface area (Å²) in [6.45, 7) is 5.18. The van der Waals surface area contributed by atoms with Crippen molar-refractivity contribution < 1.29 is 22.7 Å². The van der Waals surface area contributed by atoms with Crippen molar-refractivity contribution in [1.29, 1.82) is 0 Å². The highest BCUT2D eigenvalue weighted by Crippen LogP contribution is 2.27. The van der Waals surface area contributed by atoms with Gasteiger partial charge >= 0.3 is 6.18 Å². The molecule has 0 aliphatic rings. The first-order valence-corrected chi connectivity index (χ1v) is 5.86. The number of hydrogen-bond acceptors (Lipinski definition) is 3. The summed E-state index contributed by atoms with van der Waals surface area (Å²) in [5, 5.41) is 4.04. The number of carbonyl (C=O) groups excluding carboxylic acids is 1. The molecule has 0 N–H and O–H groups in total. The van der Waals surface area contributed by atoms with Crippen LogP contribution in [-0.2, 0) is 4.74 Å². The van der Waals surface area contributed by atoms with Crippen LogP contribution in [0.5, 0.6) is 0 Å². The van der Waals surface area contributed by atoms with Gasteiger partial charge in [0.05, 0.1) is 17.3 Å². The number of aromatic nitrogens is 2. The first-order valence-electron chi connectivity index (χ1n) is 5.86. The third-order valence-corrected chi connectivity index (χ3v) is 2.97. The topological polar surface area (TPSA) is 44.1 Å². The predicted octanol–water partition coefficient (Wildman–Crippen LogP) is 2.84. The minimum absolute atomic E-state index is 0.101. The summed E-state index contributed by atoms with van der Waals surface area (Å²) in [4.78, 5) is 11.4. The van der Waals surface area contributed by atoms with E-state index in [0.29, 0.717) is 13.0 Å². The molecule has 1 atom stereocenters. The fourth-order valence-corrected chi connectivity index (χ4v) is 1.97. The molecule has 1 unspecified atom stereocenters. The molecule has 0 radical (unpaired) electrons. The summed E-state index contributed by atoms with van der Waals surface area (Å²) < 4.78 is 43.9. The molecule has 0 saturated heterocycles. The number of halogens is 3. The van der Waals surface area contributed by atoms with Crippen molar-refractivity contribution in [3.8, 4) is 0 Å². The minimum atomic E-state index is -4.88. The van der Waals surface area contributed by atoms with Crippen LogP contribution in [0, 0.1) is 13.8 Å². The highest BCUT2D eigenvalue weighted by atomic mass is 19.4. The standard InChI is InChI=1S/C12H17F3N2O2/c1-7(5-6-19-4)17-9(3)10(8(2)16-17)11(18)12(13,14)15/h7H,5-6H2,1-4H3. The Labute approximate surface area is 109 Å². The molecule has 4 nitrogen and oxygen atoms in total. The SMILES string of the molecule is COCCC(C)n1nc(C)c(C(=O)C(F)(F)F)c1C.